The smallest absolute Gasteiger partial charge is 0.0974 e. The summed E-state index contributed by atoms with van der Waals surface area (Å²) >= 11 is 0. The molecule has 0 atom stereocenters. The Balaban J connectivity index is 2.68. The van der Waals surface area contributed by atoms with Crippen molar-refractivity contribution in [3.63, 3.8) is 0 Å². The second-order valence-corrected chi connectivity index (χ2v) is 4.49. The fraction of sp³-hybridized carbons (Fsp3) is 0.0588. The van der Waals surface area contributed by atoms with Crippen LogP contribution in [0.1, 0.15) is 16.8 Å². The van der Waals surface area contributed by atoms with E-state index >= 15 is 0 Å². The predicted molar refractivity (Wildman–Crippen MR) is 82.0 cm³/mol. The summed E-state index contributed by atoms with van der Waals surface area (Å²) in [5, 5.41) is 2.24. The molecule has 0 saturated carbocycles. The zero-order valence-corrected chi connectivity index (χ0v) is 10.9. The Kier molecular flexibility index (Phi) is 2.64. The average molecular weight is 246 g/mol. The van der Waals surface area contributed by atoms with E-state index in [1.807, 2.05) is 31.2 Å². The number of nitrogens with zero attached hydrogens (tertiary/aromatic N) is 2. The highest BCUT2D eigenvalue weighted by Gasteiger charge is 2.12. The van der Waals surface area contributed by atoms with Gasteiger partial charge < -0.3 is 0 Å². The van der Waals surface area contributed by atoms with Crippen LogP contribution in [0.5, 0.6) is 0 Å². The minimum absolute atomic E-state index is 0.892. The van der Waals surface area contributed by atoms with Crippen LogP contribution in [0, 0.1) is 6.92 Å². The van der Waals surface area contributed by atoms with Crippen LogP contribution in [0.2, 0.25) is 0 Å². The number of rotatable bonds is 2. The molecule has 1 heterocycles. The molecule has 0 saturated heterocycles. The Bertz CT molecular complexity index is 816. The molecule has 0 spiro atoms. The third-order valence-electron chi connectivity index (χ3n) is 3.32. The van der Waals surface area contributed by atoms with Crippen LogP contribution in [0.4, 0.5) is 0 Å². The van der Waals surface area contributed by atoms with Gasteiger partial charge in [-0.25, -0.2) is 4.98 Å². The van der Waals surface area contributed by atoms with Gasteiger partial charge in [-0.05, 0) is 17.9 Å². The van der Waals surface area contributed by atoms with Crippen LogP contribution in [-0.4, -0.2) is 9.97 Å². The van der Waals surface area contributed by atoms with Crippen molar-refractivity contribution in [2.75, 3.05) is 0 Å². The van der Waals surface area contributed by atoms with Gasteiger partial charge in [-0.3, -0.25) is 4.98 Å². The zero-order valence-electron chi connectivity index (χ0n) is 10.9. The molecule has 0 radical (unpaired) electrons. The first-order chi connectivity index (χ1) is 9.26. The summed E-state index contributed by atoms with van der Waals surface area (Å²) in [5.74, 6) is 0. The molecule has 0 aliphatic carbocycles. The van der Waals surface area contributed by atoms with Gasteiger partial charge in [0.15, 0.2) is 0 Å². The molecule has 2 heteroatoms. The van der Waals surface area contributed by atoms with Gasteiger partial charge in [-0.2, -0.15) is 0 Å². The van der Waals surface area contributed by atoms with E-state index < -0.39 is 0 Å². The highest BCUT2D eigenvalue weighted by atomic mass is 14.8. The van der Waals surface area contributed by atoms with E-state index in [2.05, 4.69) is 35.3 Å². The first-order valence-corrected chi connectivity index (χ1v) is 6.19. The van der Waals surface area contributed by atoms with E-state index in [1.54, 1.807) is 6.20 Å². The van der Waals surface area contributed by atoms with Crippen LogP contribution in [-0.2, 0) is 0 Å². The van der Waals surface area contributed by atoms with Crippen molar-refractivity contribution in [2.45, 2.75) is 6.92 Å². The number of aromatic nitrogens is 2. The van der Waals surface area contributed by atoms with Crippen LogP contribution >= 0.6 is 0 Å². The number of hydrogen-bond donors (Lipinski definition) is 0. The van der Waals surface area contributed by atoms with E-state index in [-0.39, 0.29) is 0 Å². The lowest BCUT2D eigenvalue weighted by Crippen LogP contribution is -1.95. The molecule has 0 N–H and O–H groups in total. The van der Waals surface area contributed by atoms with Gasteiger partial charge in [0.05, 0.1) is 16.7 Å². The Morgan fingerprint density at radius 2 is 1.63 bits per heavy atom. The fourth-order valence-corrected chi connectivity index (χ4v) is 2.49. The van der Waals surface area contributed by atoms with Gasteiger partial charge in [0.25, 0.3) is 0 Å². The topological polar surface area (TPSA) is 25.8 Å². The van der Waals surface area contributed by atoms with Crippen LogP contribution in [0.25, 0.3) is 34.0 Å². The predicted octanol–water partition coefficient (Wildman–Crippen LogP) is 4.38. The minimum Gasteiger partial charge on any atom is -0.252 e. The Morgan fingerprint density at radius 3 is 2.32 bits per heavy atom. The second-order valence-electron chi connectivity index (χ2n) is 4.49. The average Bonchev–Trinajstić information content (AvgIpc) is 2.45. The second kappa shape index (κ2) is 4.32. The van der Waals surface area contributed by atoms with Crippen molar-refractivity contribution >= 4 is 34.0 Å². The molecule has 0 amide bonds. The van der Waals surface area contributed by atoms with Gasteiger partial charge in [0, 0.05) is 17.1 Å². The molecule has 3 aromatic rings. The van der Waals surface area contributed by atoms with E-state index in [9.17, 15) is 0 Å². The van der Waals surface area contributed by atoms with Gasteiger partial charge in [-0.15, -0.1) is 0 Å². The van der Waals surface area contributed by atoms with Crippen molar-refractivity contribution in [1.82, 2.24) is 9.97 Å². The van der Waals surface area contributed by atoms with Crippen LogP contribution < -0.4 is 0 Å². The molecule has 0 aliphatic rings. The van der Waals surface area contributed by atoms with Crippen molar-refractivity contribution in [1.29, 1.82) is 0 Å². The molecule has 92 valence electrons. The van der Waals surface area contributed by atoms with E-state index in [4.69, 9.17) is 0 Å². The maximum Gasteiger partial charge on any atom is 0.0974 e. The van der Waals surface area contributed by atoms with Crippen LogP contribution in [0.15, 0.2) is 43.6 Å². The molecule has 0 bridgehead atoms. The largest absolute Gasteiger partial charge is 0.252 e. The Labute approximate surface area is 112 Å². The van der Waals surface area contributed by atoms with Crippen molar-refractivity contribution in [2.24, 2.45) is 0 Å². The number of aryl methyl sites for hydroxylation is 1. The monoisotopic (exact) mass is 246 g/mol. The SMILES string of the molecule is C=Cc1c(C=C)c2nc(C)cnc2c2ccccc12. The maximum absolute atomic E-state index is 4.62. The van der Waals surface area contributed by atoms with Crippen molar-refractivity contribution < 1.29 is 0 Å². The van der Waals surface area contributed by atoms with Gasteiger partial charge in [-0.1, -0.05) is 49.6 Å². The molecule has 0 aliphatic heterocycles. The normalized spacial score (nSPS) is 10.8. The maximum atomic E-state index is 4.62. The molecule has 2 aromatic carbocycles. The summed E-state index contributed by atoms with van der Waals surface area (Å²) in [6.07, 6.45) is 5.50. The fourth-order valence-electron chi connectivity index (χ4n) is 2.49. The lowest BCUT2D eigenvalue weighted by atomic mass is 9.96. The highest BCUT2D eigenvalue weighted by molar-refractivity contribution is 6.11. The minimum atomic E-state index is 0.892. The van der Waals surface area contributed by atoms with Gasteiger partial charge in [0.2, 0.25) is 0 Å². The van der Waals surface area contributed by atoms with E-state index in [0.29, 0.717) is 0 Å². The summed E-state index contributed by atoms with van der Waals surface area (Å²) in [6.45, 7) is 9.78. The molecular weight excluding hydrogens is 232 g/mol. The number of fused-ring (bicyclic) bond motifs is 3. The quantitative estimate of drug-likeness (QED) is 0.627. The van der Waals surface area contributed by atoms with E-state index in [0.717, 1.165) is 38.6 Å². The summed E-state index contributed by atoms with van der Waals surface area (Å²) in [5.41, 5.74) is 4.78. The van der Waals surface area contributed by atoms with Crippen molar-refractivity contribution in [3.8, 4) is 0 Å². The van der Waals surface area contributed by atoms with Gasteiger partial charge in [0.1, 0.15) is 0 Å². The third kappa shape index (κ3) is 1.65. The molecule has 0 fully saturated rings. The molecule has 1 aromatic heterocycles. The van der Waals surface area contributed by atoms with Crippen molar-refractivity contribution in [3.05, 3.63) is 60.4 Å². The summed E-state index contributed by atoms with van der Waals surface area (Å²) < 4.78 is 0. The first kappa shape index (κ1) is 11.6. The zero-order chi connectivity index (χ0) is 13.4. The lowest BCUT2D eigenvalue weighted by molar-refractivity contribution is 1.19. The molecule has 19 heavy (non-hydrogen) atoms. The summed E-state index contributed by atoms with van der Waals surface area (Å²) in [7, 11) is 0. The number of hydrogen-bond acceptors (Lipinski definition) is 2. The lowest BCUT2D eigenvalue weighted by Gasteiger charge is -2.11. The summed E-state index contributed by atoms with van der Waals surface area (Å²) in [6, 6.07) is 8.20. The third-order valence-corrected chi connectivity index (χ3v) is 3.32. The molecule has 3 rings (SSSR count). The first-order valence-electron chi connectivity index (χ1n) is 6.19. The number of benzene rings is 2. The molecular formula is C17H14N2. The summed E-state index contributed by atoms with van der Waals surface area (Å²) in [4.78, 5) is 9.17. The Hall–Kier alpha value is -2.48. The Morgan fingerprint density at radius 1 is 0.947 bits per heavy atom. The molecule has 0 unspecified atom stereocenters. The van der Waals surface area contributed by atoms with Crippen LogP contribution in [0.3, 0.4) is 0 Å². The standard InChI is InChI=1S/C17H14N2/c1-4-12-13(5-2)17-16(18-10-11(3)19-17)15-9-7-6-8-14(12)15/h4-10H,1-2H2,3H3. The highest BCUT2D eigenvalue weighted by Crippen LogP contribution is 2.32. The molecule has 2 nitrogen and oxygen atoms in total. The van der Waals surface area contributed by atoms with E-state index in [1.165, 1.54) is 0 Å². The van der Waals surface area contributed by atoms with Gasteiger partial charge >= 0.3 is 0 Å².